The first kappa shape index (κ1) is 16.2. The molecule has 5 heteroatoms. The summed E-state index contributed by atoms with van der Waals surface area (Å²) in [7, 11) is 0. The molecule has 21 heavy (non-hydrogen) atoms. The van der Waals surface area contributed by atoms with E-state index in [9.17, 15) is 10.2 Å². The molecule has 1 aromatic heterocycles. The maximum absolute atomic E-state index is 10.1. The first-order valence-electron chi connectivity index (χ1n) is 7.63. The molecule has 1 saturated carbocycles. The zero-order valence-electron chi connectivity index (χ0n) is 13.0. The van der Waals surface area contributed by atoms with E-state index in [1.54, 1.807) is 6.07 Å². The second kappa shape index (κ2) is 7.20. The average Bonchev–Trinajstić information content (AvgIpc) is 2.71. The van der Waals surface area contributed by atoms with Crippen LogP contribution in [0.4, 0.5) is 0 Å². The van der Waals surface area contributed by atoms with E-state index in [2.05, 4.69) is 24.1 Å². The van der Waals surface area contributed by atoms with Crippen LogP contribution in [-0.4, -0.2) is 46.6 Å². The predicted octanol–water partition coefficient (Wildman–Crippen LogP) is 1.12. The zero-order valence-corrected chi connectivity index (χ0v) is 13.0. The summed E-state index contributed by atoms with van der Waals surface area (Å²) in [6, 6.07) is 5.54. The number of ether oxygens (including phenoxy) is 1. The molecular formula is C16H26N2O3. The molecule has 0 aliphatic heterocycles. The van der Waals surface area contributed by atoms with E-state index in [1.165, 1.54) is 0 Å². The van der Waals surface area contributed by atoms with Crippen LogP contribution < -0.4 is 10.1 Å². The molecule has 0 unspecified atom stereocenters. The van der Waals surface area contributed by atoms with Gasteiger partial charge in [0.15, 0.2) is 0 Å². The van der Waals surface area contributed by atoms with Gasteiger partial charge in [-0.05, 0) is 31.9 Å². The Morgan fingerprint density at radius 2 is 2.10 bits per heavy atom. The van der Waals surface area contributed by atoms with E-state index < -0.39 is 12.2 Å². The largest absolute Gasteiger partial charge is 0.477 e. The number of hydrogen-bond donors (Lipinski definition) is 3. The summed E-state index contributed by atoms with van der Waals surface area (Å²) in [5.74, 6) is 1.00. The van der Waals surface area contributed by atoms with E-state index in [-0.39, 0.29) is 12.0 Å². The Labute approximate surface area is 126 Å². The topological polar surface area (TPSA) is 74.6 Å². The fourth-order valence-corrected chi connectivity index (χ4v) is 2.67. The average molecular weight is 294 g/mol. The smallest absolute Gasteiger partial charge is 0.213 e. The van der Waals surface area contributed by atoms with Crippen LogP contribution in [0.25, 0.3) is 0 Å². The van der Waals surface area contributed by atoms with Crippen molar-refractivity contribution in [3.8, 4) is 5.88 Å². The third-order valence-electron chi connectivity index (χ3n) is 3.90. The van der Waals surface area contributed by atoms with Crippen molar-refractivity contribution in [2.75, 3.05) is 13.2 Å². The Bertz CT molecular complexity index is 453. The quantitative estimate of drug-likeness (QED) is 0.733. The summed E-state index contributed by atoms with van der Waals surface area (Å²) in [5, 5.41) is 23.6. The van der Waals surface area contributed by atoms with Gasteiger partial charge in [0.25, 0.3) is 0 Å². The highest BCUT2D eigenvalue weighted by Gasteiger charge is 2.41. The number of nitrogens with one attached hydrogen (secondary N) is 1. The summed E-state index contributed by atoms with van der Waals surface area (Å²) >= 11 is 0. The maximum atomic E-state index is 10.1. The summed E-state index contributed by atoms with van der Waals surface area (Å²) in [6.07, 6.45) is -0.775. The predicted molar refractivity (Wildman–Crippen MR) is 81.2 cm³/mol. The molecule has 0 aromatic carbocycles. The highest BCUT2D eigenvalue weighted by Crippen LogP contribution is 2.27. The Morgan fingerprint density at radius 1 is 1.33 bits per heavy atom. The molecule has 0 spiro atoms. The van der Waals surface area contributed by atoms with Gasteiger partial charge in [0, 0.05) is 23.7 Å². The van der Waals surface area contributed by atoms with Gasteiger partial charge in [0.2, 0.25) is 5.88 Å². The SMILES string of the molecule is Cc1cccc(OC[C@H]2C[C@@H](NCC(C)C)[C@H](O)[C@@H]2O)n1. The first-order valence-corrected chi connectivity index (χ1v) is 7.63. The second-order valence-electron chi connectivity index (χ2n) is 6.31. The van der Waals surface area contributed by atoms with Crippen molar-refractivity contribution in [1.82, 2.24) is 10.3 Å². The lowest BCUT2D eigenvalue weighted by Gasteiger charge is -2.19. The number of hydrogen-bond acceptors (Lipinski definition) is 5. The van der Waals surface area contributed by atoms with Crippen molar-refractivity contribution in [2.24, 2.45) is 11.8 Å². The number of aliphatic hydroxyl groups excluding tert-OH is 2. The van der Waals surface area contributed by atoms with Gasteiger partial charge in [0.1, 0.15) is 0 Å². The van der Waals surface area contributed by atoms with Crippen molar-refractivity contribution in [3.05, 3.63) is 23.9 Å². The van der Waals surface area contributed by atoms with E-state index >= 15 is 0 Å². The number of pyridine rings is 1. The molecule has 3 N–H and O–H groups in total. The summed E-state index contributed by atoms with van der Waals surface area (Å²) in [4.78, 5) is 4.27. The third kappa shape index (κ3) is 4.40. The molecule has 1 aliphatic carbocycles. The molecule has 0 amide bonds. The van der Waals surface area contributed by atoms with E-state index in [4.69, 9.17) is 4.74 Å². The number of aryl methyl sites for hydroxylation is 1. The van der Waals surface area contributed by atoms with Gasteiger partial charge in [-0.25, -0.2) is 4.98 Å². The summed E-state index contributed by atoms with van der Waals surface area (Å²) in [5.41, 5.74) is 0.899. The minimum absolute atomic E-state index is 0.0681. The van der Waals surface area contributed by atoms with Crippen LogP contribution in [0.15, 0.2) is 18.2 Å². The molecule has 5 nitrogen and oxygen atoms in total. The van der Waals surface area contributed by atoms with Crippen LogP contribution in [0.3, 0.4) is 0 Å². The van der Waals surface area contributed by atoms with Crippen molar-refractivity contribution >= 4 is 0 Å². The van der Waals surface area contributed by atoms with E-state index in [0.717, 1.165) is 12.2 Å². The molecule has 0 saturated heterocycles. The molecule has 1 heterocycles. The fraction of sp³-hybridized carbons (Fsp3) is 0.688. The first-order chi connectivity index (χ1) is 9.97. The third-order valence-corrected chi connectivity index (χ3v) is 3.90. The second-order valence-corrected chi connectivity index (χ2v) is 6.31. The lowest BCUT2D eigenvalue weighted by atomic mass is 10.1. The number of nitrogens with zero attached hydrogens (tertiary/aromatic N) is 1. The summed E-state index contributed by atoms with van der Waals surface area (Å²) in [6.45, 7) is 7.35. The van der Waals surface area contributed by atoms with Crippen LogP contribution in [0.5, 0.6) is 5.88 Å². The molecule has 4 atom stereocenters. The molecule has 118 valence electrons. The highest BCUT2D eigenvalue weighted by atomic mass is 16.5. The molecular weight excluding hydrogens is 268 g/mol. The molecule has 1 fully saturated rings. The van der Waals surface area contributed by atoms with Crippen LogP contribution in [-0.2, 0) is 0 Å². The molecule has 0 radical (unpaired) electrons. The molecule has 1 aromatic rings. The Kier molecular flexibility index (Phi) is 5.56. The van der Waals surface area contributed by atoms with Gasteiger partial charge in [-0.1, -0.05) is 19.9 Å². The van der Waals surface area contributed by atoms with Gasteiger partial charge in [-0.2, -0.15) is 0 Å². The Morgan fingerprint density at radius 3 is 2.76 bits per heavy atom. The van der Waals surface area contributed by atoms with Gasteiger partial charge in [0.05, 0.1) is 18.8 Å². The van der Waals surface area contributed by atoms with Crippen molar-refractivity contribution < 1.29 is 14.9 Å². The van der Waals surface area contributed by atoms with Gasteiger partial charge >= 0.3 is 0 Å². The van der Waals surface area contributed by atoms with Crippen LogP contribution in [0, 0.1) is 18.8 Å². The van der Waals surface area contributed by atoms with Crippen LogP contribution in [0.2, 0.25) is 0 Å². The van der Waals surface area contributed by atoms with E-state index in [0.29, 0.717) is 24.8 Å². The minimum atomic E-state index is -0.750. The molecule has 2 rings (SSSR count). The van der Waals surface area contributed by atoms with Crippen LogP contribution in [0.1, 0.15) is 26.0 Å². The maximum Gasteiger partial charge on any atom is 0.213 e. The standard InChI is InChI=1S/C16H26N2O3/c1-10(2)8-17-13-7-12(15(19)16(13)20)9-21-14-6-4-5-11(3)18-14/h4-6,10,12-13,15-17,19-20H,7-9H2,1-3H3/t12-,13-,15-,16+/m1/s1. The minimum Gasteiger partial charge on any atom is -0.477 e. The molecule has 1 aliphatic rings. The van der Waals surface area contributed by atoms with Crippen LogP contribution >= 0.6 is 0 Å². The van der Waals surface area contributed by atoms with Gasteiger partial charge in [-0.3, -0.25) is 0 Å². The van der Waals surface area contributed by atoms with E-state index in [1.807, 2.05) is 19.1 Å². The van der Waals surface area contributed by atoms with Crippen molar-refractivity contribution in [2.45, 2.75) is 45.4 Å². The zero-order chi connectivity index (χ0) is 15.4. The van der Waals surface area contributed by atoms with Crippen molar-refractivity contribution in [3.63, 3.8) is 0 Å². The van der Waals surface area contributed by atoms with Gasteiger partial charge < -0.3 is 20.3 Å². The lowest BCUT2D eigenvalue weighted by molar-refractivity contribution is 0.00167. The monoisotopic (exact) mass is 294 g/mol. The fourth-order valence-electron chi connectivity index (χ4n) is 2.67. The Hall–Kier alpha value is -1.17. The lowest BCUT2D eigenvalue weighted by Crippen LogP contribution is -2.41. The highest BCUT2D eigenvalue weighted by molar-refractivity contribution is 5.14. The summed E-state index contributed by atoms with van der Waals surface area (Å²) < 4.78 is 5.65. The Balaban J connectivity index is 1.86. The number of aromatic nitrogens is 1. The molecule has 0 bridgehead atoms. The van der Waals surface area contributed by atoms with Crippen molar-refractivity contribution in [1.29, 1.82) is 0 Å². The number of aliphatic hydroxyl groups is 2. The number of rotatable bonds is 6. The normalized spacial score (nSPS) is 29.0. The van der Waals surface area contributed by atoms with Gasteiger partial charge in [-0.15, -0.1) is 0 Å².